The van der Waals surface area contributed by atoms with Gasteiger partial charge in [0, 0.05) is 12.8 Å². The van der Waals surface area contributed by atoms with Crippen LogP contribution in [-0.2, 0) is 0 Å². The largest absolute Gasteiger partial charge is 0.290 e. The van der Waals surface area contributed by atoms with E-state index >= 15 is 0 Å². The fourth-order valence-corrected chi connectivity index (χ4v) is 1.65. The van der Waals surface area contributed by atoms with Gasteiger partial charge in [-0.25, -0.2) is 0 Å². The van der Waals surface area contributed by atoms with E-state index in [0.717, 1.165) is 12.8 Å². The third kappa shape index (κ3) is 1.04. The Morgan fingerprint density at radius 1 is 0.917 bits per heavy atom. The van der Waals surface area contributed by atoms with Gasteiger partial charge < -0.3 is 0 Å². The van der Waals surface area contributed by atoms with E-state index in [1.807, 2.05) is 12.2 Å². The Kier molecular flexibility index (Phi) is 2.01. The second-order valence-corrected chi connectivity index (χ2v) is 3.29. The standard InChI is InChI=1S/C10H14N2/c1-5-9(11-3)7-10(6-2,8-9)12-4/h5-6H,1-4,7-8H2. The quantitative estimate of drug-likeness (QED) is 0.446. The van der Waals surface area contributed by atoms with Crippen LogP contribution in [0, 0.1) is 0 Å². The van der Waals surface area contributed by atoms with Crippen molar-refractivity contribution in [2.24, 2.45) is 9.98 Å². The van der Waals surface area contributed by atoms with Crippen molar-refractivity contribution in [3.05, 3.63) is 25.3 Å². The first-order valence-corrected chi connectivity index (χ1v) is 3.89. The number of hydrogen-bond donors (Lipinski definition) is 0. The lowest BCUT2D eigenvalue weighted by Gasteiger charge is -2.48. The van der Waals surface area contributed by atoms with Crippen LogP contribution in [0.5, 0.6) is 0 Å². The molecule has 0 N–H and O–H groups in total. The molecule has 0 radical (unpaired) electrons. The lowest BCUT2D eigenvalue weighted by molar-refractivity contribution is 0.205. The molecule has 0 heterocycles. The van der Waals surface area contributed by atoms with E-state index in [1.54, 1.807) is 0 Å². The molecule has 0 aromatic rings. The van der Waals surface area contributed by atoms with Crippen LogP contribution in [0.2, 0.25) is 0 Å². The van der Waals surface area contributed by atoms with Gasteiger partial charge in [-0.2, -0.15) is 0 Å². The Hall–Kier alpha value is -1.18. The van der Waals surface area contributed by atoms with Gasteiger partial charge in [0.15, 0.2) is 0 Å². The van der Waals surface area contributed by atoms with E-state index in [2.05, 4.69) is 36.6 Å². The summed E-state index contributed by atoms with van der Waals surface area (Å²) in [5.41, 5.74) is -0.370. The second-order valence-electron chi connectivity index (χ2n) is 3.29. The molecule has 0 aromatic heterocycles. The fourth-order valence-electron chi connectivity index (χ4n) is 1.65. The molecule has 1 aliphatic rings. The van der Waals surface area contributed by atoms with Gasteiger partial charge in [0.05, 0.1) is 11.1 Å². The lowest BCUT2D eigenvalue weighted by atomic mass is 9.63. The van der Waals surface area contributed by atoms with Crippen LogP contribution in [0.4, 0.5) is 0 Å². The van der Waals surface area contributed by atoms with Crippen LogP contribution in [0.3, 0.4) is 0 Å². The maximum atomic E-state index is 4.03. The van der Waals surface area contributed by atoms with Crippen molar-refractivity contribution in [2.75, 3.05) is 0 Å². The Labute approximate surface area is 73.4 Å². The smallest absolute Gasteiger partial charge is 0.0830 e. The molecule has 0 spiro atoms. The van der Waals surface area contributed by atoms with Gasteiger partial charge in [0.25, 0.3) is 0 Å². The van der Waals surface area contributed by atoms with Gasteiger partial charge in [0.1, 0.15) is 0 Å². The highest BCUT2D eigenvalue weighted by atomic mass is 15.0. The molecule has 1 aliphatic carbocycles. The predicted octanol–water partition coefficient (Wildman–Crippen LogP) is 2.03. The lowest BCUT2D eigenvalue weighted by Crippen LogP contribution is -2.51. The van der Waals surface area contributed by atoms with Crippen molar-refractivity contribution < 1.29 is 0 Å². The molecule has 0 aliphatic heterocycles. The van der Waals surface area contributed by atoms with Gasteiger partial charge in [-0.05, 0) is 13.4 Å². The van der Waals surface area contributed by atoms with E-state index in [0.29, 0.717) is 0 Å². The molecule has 0 bridgehead atoms. The van der Waals surface area contributed by atoms with Crippen molar-refractivity contribution in [1.29, 1.82) is 0 Å². The monoisotopic (exact) mass is 162 g/mol. The molecule has 0 aromatic carbocycles. The van der Waals surface area contributed by atoms with Crippen molar-refractivity contribution >= 4 is 13.4 Å². The summed E-state index contributed by atoms with van der Waals surface area (Å²) in [6, 6.07) is 0. The van der Waals surface area contributed by atoms with Crippen LogP contribution in [-0.4, -0.2) is 24.5 Å². The van der Waals surface area contributed by atoms with Crippen LogP contribution in [0.15, 0.2) is 35.3 Å². The van der Waals surface area contributed by atoms with E-state index in [1.165, 1.54) is 0 Å². The molecule has 0 amide bonds. The molecule has 64 valence electrons. The maximum Gasteiger partial charge on any atom is 0.0830 e. The minimum atomic E-state index is -0.185. The average molecular weight is 162 g/mol. The molecular weight excluding hydrogens is 148 g/mol. The van der Waals surface area contributed by atoms with E-state index in [4.69, 9.17) is 0 Å². The average Bonchev–Trinajstić information content (AvgIpc) is 2.07. The Balaban J connectivity index is 2.77. The van der Waals surface area contributed by atoms with Gasteiger partial charge in [-0.1, -0.05) is 12.2 Å². The molecule has 12 heavy (non-hydrogen) atoms. The van der Waals surface area contributed by atoms with Crippen LogP contribution in [0.25, 0.3) is 0 Å². The number of rotatable bonds is 4. The van der Waals surface area contributed by atoms with Gasteiger partial charge in [-0.15, -0.1) is 13.2 Å². The van der Waals surface area contributed by atoms with Crippen molar-refractivity contribution in [3.8, 4) is 0 Å². The van der Waals surface area contributed by atoms with E-state index in [-0.39, 0.29) is 11.1 Å². The van der Waals surface area contributed by atoms with Gasteiger partial charge in [0.2, 0.25) is 0 Å². The van der Waals surface area contributed by atoms with Crippen molar-refractivity contribution in [3.63, 3.8) is 0 Å². The zero-order valence-corrected chi connectivity index (χ0v) is 7.29. The Morgan fingerprint density at radius 2 is 1.25 bits per heavy atom. The number of nitrogens with zero attached hydrogens (tertiary/aromatic N) is 2. The molecule has 1 rings (SSSR count). The first-order valence-electron chi connectivity index (χ1n) is 3.89. The molecule has 2 heteroatoms. The maximum absolute atomic E-state index is 4.03. The molecule has 1 saturated carbocycles. The first kappa shape index (κ1) is 8.91. The minimum absolute atomic E-state index is 0.185. The normalized spacial score (nSPS) is 39.3. The summed E-state index contributed by atoms with van der Waals surface area (Å²) in [7, 11) is 0. The molecule has 0 saturated heterocycles. The van der Waals surface area contributed by atoms with Crippen molar-refractivity contribution in [1.82, 2.24) is 0 Å². The van der Waals surface area contributed by atoms with Crippen LogP contribution < -0.4 is 0 Å². The summed E-state index contributed by atoms with van der Waals surface area (Å²) in [6.07, 6.45) is 5.26. The number of aliphatic imine (C=N–C) groups is 2. The third-order valence-corrected chi connectivity index (χ3v) is 2.61. The third-order valence-electron chi connectivity index (χ3n) is 2.61. The topological polar surface area (TPSA) is 24.7 Å². The fraction of sp³-hybridized carbons (Fsp3) is 0.400. The molecule has 0 atom stereocenters. The van der Waals surface area contributed by atoms with E-state index < -0.39 is 0 Å². The summed E-state index contributed by atoms with van der Waals surface area (Å²) < 4.78 is 0. The molecule has 0 unspecified atom stereocenters. The zero-order chi connectivity index (χ0) is 9.24. The zero-order valence-electron chi connectivity index (χ0n) is 7.29. The van der Waals surface area contributed by atoms with Gasteiger partial charge >= 0.3 is 0 Å². The first-order chi connectivity index (χ1) is 5.66. The Bertz CT molecular complexity index is 190. The van der Waals surface area contributed by atoms with Gasteiger partial charge in [-0.3, -0.25) is 9.98 Å². The highest BCUT2D eigenvalue weighted by molar-refractivity contribution is 5.38. The highest BCUT2D eigenvalue weighted by Gasteiger charge is 2.50. The minimum Gasteiger partial charge on any atom is -0.290 e. The highest BCUT2D eigenvalue weighted by Crippen LogP contribution is 2.47. The molecule has 1 fully saturated rings. The predicted molar refractivity (Wildman–Crippen MR) is 54.2 cm³/mol. The summed E-state index contributed by atoms with van der Waals surface area (Å²) in [5.74, 6) is 0. The summed E-state index contributed by atoms with van der Waals surface area (Å²) in [6.45, 7) is 14.5. The molecule has 2 nitrogen and oxygen atoms in total. The molecular formula is C10H14N2. The number of hydrogen-bond acceptors (Lipinski definition) is 2. The van der Waals surface area contributed by atoms with Crippen molar-refractivity contribution in [2.45, 2.75) is 23.9 Å². The summed E-state index contributed by atoms with van der Waals surface area (Å²) in [5, 5.41) is 0. The van der Waals surface area contributed by atoms with Crippen LogP contribution >= 0.6 is 0 Å². The summed E-state index contributed by atoms with van der Waals surface area (Å²) >= 11 is 0. The summed E-state index contributed by atoms with van der Waals surface area (Å²) in [4.78, 5) is 8.06. The second kappa shape index (κ2) is 2.70. The van der Waals surface area contributed by atoms with E-state index in [9.17, 15) is 0 Å². The Morgan fingerprint density at radius 3 is 1.42 bits per heavy atom. The van der Waals surface area contributed by atoms with Crippen LogP contribution in [0.1, 0.15) is 12.8 Å². The SMILES string of the molecule is C=CC1(N=C)CC(C=C)(N=C)C1.